The van der Waals surface area contributed by atoms with E-state index in [4.69, 9.17) is 4.74 Å². The molecular formula is C29H35N3O4S. The number of anilines is 1. The molecule has 0 saturated carbocycles. The van der Waals surface area contributed by atoms with E-state index in [0.717, 1.165) is 12.7 Å². The lowest BCUT2D eigenvalue weighted by molar-refractivity contribution is -0.131. The highest BCUT2D eigenvalue weighted by molar-refractivity contribution is 7.92. The molecule has 1 fully saturated rings. The maximum Gasteiger partial charge on any atom is 0.243 e. The van der Waals surface area contributed by atoms with Crippen molar-refractivity contribution in [3.63, 3.8) is 0 Å². The summed E-state index contributed by atoms with van der Waals surface area (Å²) in [4.78, 5) is 17.4. The molecule has 4 rings (SSSR count). The number of ether oxygens (including phenoxy) is 1. The van der Waals surface area contributed by atoms with Crippen molar-refractivity contribution in [1.29, 1.82) is 0 Å². The summed E-state index contributed by atoms with van der Waals surface area (Å²) in [5.74, 6) is 0.472. The molecule has 1 aliphatic rings. The molecule has 0 atom stereocenters. The largest absolute Gasteiger partial charge is 0.494 e. The number of carbonyl (C=O) groups is 1. The zero-order chi connectivity index (χ0) is 26.3. The van der Waals surface area contributed by atoms with Gasteiger partial charge in [-0.15, -0.1) is 0 Å². The maximum absolute atomic E-state index is 13.2. The average molecular weight is 522 g/mol. The van der Waals surface area contributed by atoms with Crippen LogP contribution < -0.4 is 9.04 Å². The van der Waals surface area contributed by atoms with Gasteiger partial charge in [0.15, 0.2) is 0 Å². The second-order valence-electron chi connectivity index (χ2n) is 9.25. The summed E-state index contributed by atoms with van der Waals surface area (Å²) < 4.78 is 31.9. The van der Waals surface area contributed by atoms with Crippen molar-refractivity contribution in [2.75, 3.05) is 49.9 Å². The minimum absolute atomic E-state index is 0.0978. The minimum atomic E-state index is -3.64. The Labute approximate surface area is 220 Å². The molecule has 0 bridgehead atoms. The van der Waals surface area contributed by atoms with Crippen LogP contribution in [0.15, 0.2) is 84.9 Å². The molecule has 8 heteroatoms. The normalized spacial score (nSPS) is 14.5. The summed E-state index contributed by atoms with van der Waals surface area (Å²) in [5, 5.41) is 0. The number of rotatable bonds is 10. The van der Waals surface area contributed by atoms with Crippen LogP contribution in [0.5, 0.6) is 5.75 Å². The molecule has 196 valence electrons. The summed E-state index contributed by atoms with van der Waals surface area (Å²) in [6, 6.07) is 27.7. The van der Waals surface area contributed by atoms with Crippen molar-refractivity contribution < 1.29 is 17.9 Å². The first-order valence-electron chi connectivity index (χ1n) is 12.7. The molecule has 7 nitrogen and oxygen atoms in total. The number of nitrogens with zero attached hydrogens (tertiary/aromatic N) is 3. The van der Waals surface area contributed by atoms with E-state index >= 15 is 0 Å². The molecule has 3 aromatic rings. The number of amides is 1. The molecule has 1 heterocycles. The fraction of sp³-hybridized carbons (Fsp3) is 0.345. The Hall–Kier alpha value is -3.36. The summed E-state index contributed by atoms with van der Waals surface area (Å²) in [6.07, 6.45) is 2.01. The van der Waals surface area contributed by atoms with Gasteiger partial charge in [0.1, 0.15) is 12.3 Å². The third-order valence-electron chi connectivity index (χ3n) is 6.54. The van der Waals surface area contributed by atoms with E-state index in [-0.39, 0.29) is 18.5 Å². The predicted octanol–water partition coefficient (Wildman–Crippen LogP) is 4.18. The fourth-order valence-electron chi connectivity index (χ4n) is 4.67. The molecule has 0 aliphatic carbocycles. The first-order valence-corrected chi connectivity index (χ1v) is 14.5. The van der Waals surface area contributed by atoms with Crippen molar-refractivity contribution in [2.24, 2.45) is 0 Å². The number of benzene rings is 3. The predicted molar refractivity (Wildman–Crippen MR) is 147 cm³/mol. The van der Waals surface area contributed by atoms with Crippen LogP contribution in [0.25, 0.3) is 0 Å². The van der Waals surface area contributed by atoms with Crippen LogP contribution in [0.2, 0.25) is 0 Å². The van der Waals surface area contributed by atoms with Gasteiger partial charge in [-0.25, -0.2) is 8.42 Å². The Morgan fingerprint density at radius 2 is 1.41 bits per heavy atom. The minimum Gasteiger partial charge on any atom is -0.494 e. The molecule has 1 amide bonds. The standard InChI is InChI=1S/C29H35N3O4S/c1-3-22-36-27-16-14-26(15-17-27)32(37(2,34)35)23-28(33)30-18-20-31(21-19-30)29(24-10-6-4-7-11-24)25-12-8-5-9-13-25/h4-17,29H,3,18-23H2,1-2H3. The third kappa shape index (κ3) is 6.90. The van der Waals surface area contributed by atoms with Gasteiger partial charge >= 0.3 is 0 Å². The lowest BCUT2D eigenvalue weighted by atomic mass is 9.96. The average Bonchev–Trinajstić information content (AvgIpc) is 2.92. The Morgan fingerprint density at radius 1 is 0.865 bits per heavy atom. The highest BCUT2D eigenvalue weighted by atomic mass is 32.2. The van der Waals surface area contributed by atoms with Gasteiger partial charge in [0.25, 0.3) is 0 Å². The fourth-order valence-corrected chi connectivity index (χ4v) is 5.52. The summed E-state index contributed by atoms with van der Waals surface area (Å²) in [7, 11) is -3.64. The van der Waals surface area contributed by atoms with E-state index < -0.39 is 10.0 Å². The lowest BCUT2D eigenvalue weighted by Crippen LogP contribution is -2.52. The van der Waals surface area contributed by atoms with Crippen molar-refractivity contribution in [2.45, 2.75) is 19.4 Å². The molecule has 1 aliphatic heterocycles. The van der Waals surface area contributed by atoms with Crippen LogP contribution in [-0.4, -0.2) is 69.7 Å². The maximum atomic E-state index is 13.2. The third-order valence-corrected chi connectivity index (χ3v) is 7.68. The Kier molecular flexibility index (Phi) is 8.84. The zero-order valence-electron chi connectivity index (χ0n) is 21.5. The molecule has 0 unspecified atom stereocenters. The van der Waals surface area contributed by atoms with Gasteiger partial charge in [0.05, 0.1) is 24.6 Å². The topological polar surface area (TPSA) is 70.2 Å². The first-order chi connectivity index (χ1) is 17.9. The number of hydrogen-bond donors (Lipinski definition) is 0. The van der Waals surface area contributed by atoms with E-state index in [1.165, 1.54) is 15.4 Å². The molecule has 1 saturated heterocycles. The highest BCUT2D eigenvalue weighted by Crippen LogP contribution is 2.29. The molecule has 3 aromatic carbocycles. The lowest BCUT2D eigenvalue weighted by Gasteiger charge is -2.40. The number of sulfonamides is 1. The van der Waals surface area contributed by atoms with Crippen molar-refractivity contribution in [1.82, 2.24) is 9.80 Å². The highest BCUT2D eigenvalue weighted by Gasteiger charge is 2.30. The van der Waals surface area contributed by atoms with E-state index in [0.29, 0.717) is 44.2 Å². The number of hydrogen-bond acceptors (Lipinski definition) is 5. The quantitative estimate of drug-likeness (QED) is 0.401. The summed E-state index contributed by atoms with van der Waals surface area (Å²) in [6.45, 7) is 4.86. The van der Waals surface area contributed by atoms with Crippen LogP contribution >= 0.6 is 0 Å². The molecule has 37 heavy (non-hydrogen) atoms. The first kappa shape index (κ1) is 26.7. The van der Waals surface area contributed by atoms with Crippen LogP contribution in [0.1, 0.15) is 30.5 Å². The van der Waals surface area contributed by atoms with Crippen molar-refractivity contribution >= 4 is 21.6 Å². The smallest absolute Gasteiger partial charge is 0.243 e. The molecule has 0 spiro atoms. The monoisotopic (exact) mass is 521 g/mol. The molecule has 0 aromatic heterocycles. The van der Waals surface area contributed by atoms with Gasteiger partial charge in [-0.2, -0.15) is 0 Å². The van der Waals surface area contributed by atoms with Gasteiger partial charge in [-0.3, -0.25) is 14.0 Å². The van der Waals surface area contributed by atoms with E-state index in [9.17, 15) is 13.2 Å². The number of carbonyl (C=O) groups excluding carboxylic acids is 1. The van der Waals surface area contributed by atoms with E-state index in [1.807, 2.05) is 43.3 Å². The SMILES string of the molecule is CCCOc1ccc(N(CC(=O)N2CCN(C(c3ccccc3)c3ccccc3)CC2)S(C)(=O)=O)cc1. The summed E-state index contributed by atoms with van der Waals surface area (Å²) >= 11 is 0. The van der Waals surface area contributed by atoms with Crippen molar-refractivity contribution in [3.8, 4) is 5.75 Å². The Morgan fingerprint density at radius 3 is 1.89 bits per heavy atom. The zero-order valence-corrected chi connectivity index (χ0v) is 22.3. The van der Waals surface area contributed by atoms with Gasteiger partial charge < -0.3 is 9.64 Å². The second kappa shape index (κ2) is 12.3. The summed E-state index contributed by atoms with van der Waals surface area (Å²) in [5.41, 5.74) is 2.87. The Balaban J connectivity index is 1.44. The molecule has 0 radical (unpaired) electrons. The second-order valence-corrected chi connectivity index (χ2v) is 11.2. The van der Waals surface area contributed by atoms with Gasteiger partial charge in [0, 0.05) is 26.2 Å². The van der Waals surface area contributed by atoms with E-state index in [1.54, 1.807) is 29.2 Å². The van der Waals surface area contributed by atoms with Gasteiger partial charge in [0.2, 0.25) is 15.9 Å². The van der Waals surface area contributed by atoms with Gasteiger partial charge in [-0.1, -0.05) is 67.6 Å². The van der Waals surface area contributed by atoms with Crippen LogP contribution in [0.4, 0.5) is 5.69 Å². The molecule has 0 N–H and O–H groups in total. The van der Waals surface area contributed by atoms with Crippen molar-refractivity contribution in [3.05, 3.63) is 96.1 Å². The number of piperazine rings is 1. The van der Waals surface area contributed by atoms with Crippen LogP contribution in [0.3, 0.4) is 0 Å². The van der Waals surface area contributed by atoms with Gasteiger partial charge in [-0.05, 0) is 41.8 Å². The Bertz CT molecular complexity index is 1200. The van der Waals surface area contributed by atoms with E-state index in [2.05, 4.69) is 29.2 Å². The van der Waals surface area contributed by atoms with Crippen LogP contribution in [-0.2, 0) is 14.8 Å². The molecular weight excluding hydrogens is 486 g/mol. The van der Waals surface area contributed by atoms with Crippen LogP contribution in [0, 0.1) is 0 Å².